The lowest BCUT2D eigenvalue weighted by atomic mass is 9.91. The number of nitrogens with one attached hydrogen (secondary N) is 1. The molecule has 2 aromatic rings. The van der Waals surface area contributed by atoms with Crippen LogP contribution < -0.4 is 4.72 Å². The normalized spacial score (nSPS) is 20.0. The molecule has 0 radical (unpaired) electrons. The van der Waals surface area contributed by atoms with Crippen LogP contribution in [0.1, 0.15) is 41.8 Å². The number of hydrogen-bond donors (Lipinski definition) is 1. The number of benzene rings is 2. The van der Waals surface area contributed by atoms with Crippen LogP contribution in [0.25, 0.3) is 0 Å². The molecule has 3 rings (SSSR count). The van der Waals surface area contributed by atoms with Crippen molar-refractivity contribution in [3.63, 3.8) is 0 Å². The van der Waals surface area contributed by atoms with Gasteiger partial charge in [-0.3, -0.25) is 4.79 Å². The van der Waals surface area contributed by atoms with Crippen LogP contribution in [-0.2, 0) is 22.7 Å². The van der Waals surface area contributed by atoms with Gasteiger partial charge < -0.3 is 4.90 Å². The van der Waals surface area contributed by atoms with Crippen molar-refractivity contribution >= 4 is 15.9 Å². The van der Waals surface area contributed by atoms with Crippen LogP contribution in [0.3, 0.4) is 0 Å². The van der Waals surface area contributed by atoms with Crippen LogP contribution in [-0.4, -0.2) is 32.3 Å². The molecule has 0 aliphatic carbocycles. The number of carbonyl (C=O) groups excluding carboxylic acids is 1. The first-order chi connectivity index (χ1) is 14.5. The highest BCUT2D eigenvalue weighted by molar-refractivity contribution is 7.89. The van der Waals surface area contributed by atoms with Crippen molar-refractivity contribution < 1.29 is 26.4 Å². The Morgan fingerprint density at radius 1 is 1.06 bits per heavy atom. The molecular weight excluding hydrogens is 429 g/mol. The number of alkyl halides is 3. The number of sulfonamides is 1. The monoisotopic (exact) mass is 454 g/mol. The Bertz CT molecular complexity index is 1030. The predicted octanol–water partition coefficient (Wildman–Crippen LogP) is 4.30. The molecule has 5 nitrogen and oxygen atoms in total. The molecule has 2 unspecified atom stereocenters. The van der Waals surface area contributed by atoms with Gasteiger partial charge in [0, 0.05) is 25.2 Å². The number of hydrogen-bond acceptors (Lipinski definition) is 3. The predicted molar refractivity (Wildman–Crippen MR) is 111 cm³/mol. The van der Waals surface area contributed by atoms with Gasteiger partial charge in [-0.15, -0.1) is 0 Å². The molecule has 1 aliphatic heterocycles. The molecule has 1 amide bonds. The van der Waals surface area contributed by atoms with E-state index in [1.165, 1.54) is 0 Å². The summed E-state index contributed by atoms with van der Waals surface area (Å²) in [7, 11) is -4.12. The Hall–Kier alpha value is -2.39. The van der Waals surface area contributed by atoms with Crippen molar-refractivity contribution in [2.24, 2.45) is 11.8 Å². The second kappa shape index (κ2) is 9.00. The van der Waals surface area contributed by atoms with Gasteiger partial charge in [-0.1, -0.05) is 32.0 Å². The number of nitrogens with zero attached hydrogens (tertiary/aromatic N) is 1. The first kappa shape index (κ1) is 23.3. The maximum absolute atomic E-state index is 12.8. The molecule has 1 heterocycles. The summed E-state index contributed by atoms with van der Waals surface area (Å²) in [4.78, 5) is 14.1. The average Bonchev–Trinajstić information content (AvgIpc) is 2.71. The minimum atomic E-state index is -4.63. The van der Waals surface area contributed by atoms with Gasteiger partial charge in [0.2, 0.25) is 10.0 Å². The van der Waals surface area contributed by atoms with Crippen LogP contribution in [0.5, 0.6) is 0 Å². The summed E-state index contributed by atoms with van der Waals surface area (Å²) >= 11 is 0. The van der Waals surface area contributed by atoms with Crippen molar-refractivity contribution in [1.29, 1.82) is 0 Å². The fourth-order valence-corrected chi connectivity index (χ4v) is 4.94. The first-order valence-electron chi connectivity index (χ1n) is 10.0. The fraction of sp³-hybridized carbons (Fsp3) is 0.409. The third-order valence-electron chi connectivity index (χ3n) is 5.29. The second-order valence-corrected chi connectivity index (χ2v) is 9.97. The van der Waals surface area contributed by atoms with Crippen molar-refractivity contribution in [1.82, 2.24) is 9.62 Å². The quantitative estimate of drug-likeness (QED) is 0.733. The van der Waals surface area contributed by atoms with Gasteiger partial charge in [0.05, 0.1) is 10.5 Å². The maximum Gasteiger partial charge on any atom is 0.416 e. The van der Waals surface area contributed by atoms with E-state index in [0.29, 0.717) is 42.1 Å². The summed E-state index contributed by atoms with van der Waals surface area (Å²) in [6.07, 6.45) is -3.54. The lowest BCUT2D eigenvalue weighted by Gasteiger charge is -2.35. The Labute approximate surface area is 180 Å². The van der Waals surface area contributed by atoms with Crippen LogP contribution in [0.4, 0.5) is 13.2 Å². The molecule has 1 fully saturated rings. The maximum atomic E-state index is 12.8. The number of halogens is 3. The van der Waals surface area contributed by atoms with E-state index in [-0.39, 0.29) is 12.5 Å². The molecule has 9 heteroatoms. The van der Waals surface area contributed by atoms with E-state index in [9.17, 15) is 26.4 Å². The summed E-state index contributed by atoms with van der Waals surface area (Å²) in [5.74, 6) is 0.823. The Kier molecular flexibility index (Phi) is 6.76. The molecule has 31 heavy (non-hydrogen) atoms. The minimum Gasteiger partial charge on any atom is -0.338 e. The van der Waals surface area contributed by atoms with Crippen molar-refractivity contribution in [2.45, 2.75) is 37.9 Å². The summed E-state index contributed by atoms with van der Waals surface area (Å²) in [6, 6.07) is 10.1. The highest BCUT2D eigenvalue weighted by atomic mass is 32.2. The molecule has 2 atom stereocenters. The van der Waals surface area contributed by atoms with Crippen molar-refractivity contribution in [2.75, 3.05) is 13.1 Å². The molecule has 0 saturated carbocycles. The molecule has 0 spiro atoms. The lowest BCUT2D eigenvalue weighted by Crippen LogP contribution is -2.42. The lowest BCUT2D eigenvalue weighted by molar-refractivity contribution is -0.137. The average molecular weight is 455 g/mol. The molecule has 168 valence electrons. The van der Waals surface area contributed by atoms with E-state index in [1.54, 1.807) is 24.3 Å². The smallest absolute Gasteiger partial charge is 0.338 e. The van der Waals surface area contributed by atoms with Crippen LogP contribution in [0.15, 0.2) is 53.4 Å². The summed E-state index contributed by atoms with van der Waals surface area (Å²) < 4.78 is 65.6. The van der Waals surface area contributed by atoms with Gasteiger partial charge in [0.25, 0.3) is 5.91 Å². The summed E-state index contributed by atoms with van der Waals surface area (Å²) in [5, 5.41) is 0. The highest BCUT2D eigenvalue weighted by Crippen LogP contribution is 2.30. The summed E-state index contributed by atoms with van der Waals surface area (Å²) in [6.45, 7) is 5.55. The van der Waals surface area contributed by atoms with E-state index in [1.807, 2.05) is 4.90 Å². The summed E-state index contributed by atoms with van der Waals surface area (Å²) in [5.41, 5.74) is 0.0813. The fourth-order valence-electron chi connectivity index (χ4n) is 3.88. The van der Waals surface area contributed by atoms with Gasteiger partial charge in [-0.2, -0.15) is 13.2 Å². The number of carbonyl (C=O) groups is 1. The third kappa shape index (κ3) is 5.86. The largest absolute Gasteiger partial charge is 0.416 e. The number of amides is 1. The van der Waals surface area contributed by atoms with Gasteiger partial charge in [-0.05, 0) is 54.2 Å². The zero-order chi connectivity index (χ0) is 22.8. The molecule has 2 aromatic carbocycles. The SMILES string of the molecule is CC1CC(C)CN(C(=O)c2ccc(CNS(=O)(=O)c3cccc(C(F)(F)F)c3)cc2)C1. The molecule has 1 saturated heterocycles. The van der Waals surface area contributed by atoms with Crippen LogP contribution >= 0.6 is 0 Å². The Morgan fingerprint density at radius 3 is 2.26 bits per heavy atom. The molecule has 1 N–H and O–H groups in total. The van der Waals surface area contributed by atoms with Crippen molar-refractivity contribution in [3.8, 4) is 0 Å². The minimum absolute atomic E-state index is 0.0607. The molecule has 1 aliphatic rings. The van der Waals surface area contributed by atoms with Crippen molar-refractivity contribution in [3.05, 3.63) is 65.2 Å². The van der Waals surface area contributed by atoms with Crippen LogP contribution in [0.2, 0.25) is 0 Å². The Balaban J connectivity index is 1.66. The van der Waals surface area contributed by atoms with Gasteiger partial charge in [-0.25, -0.2) is 13.1 Å². The second-order valence-electron chi connectivity index (χ2n) is 8.20. The molecule has 0 bridgehead atoms. The van der Waals surface area contributed by atoms with Gasteiger partial charge in [0.15, 0.2) is 0 Å². The number of piperidine rings is 1. The van der Waals surface area contributed by atoms with Crippen LogP contribution in [0, 0.1) is 11.8 Å². The van der Waals surface area contributed by atoms with E-state index >= 15 is 0 Å². The first-order valence-corrected chi connectivity index (χ1v) is 11.5. The van der Waals surface area contributed by atoms with E-state index in [2.05, 4.69) is 18.6 Å². The van der Waals surface area contributed by atoms with E-state index in [0.717, 1.165) is 24.6 Å². The zero-order valence-corrected chi connectivity index (χ0v) is 18.1. The van der Waals surface area contributed by atoms with Gasteiger partial charge >= 0.3 is 6.18 Å². The zero-order valence-electron chi connectivity index (χ0n) is 17.3. The molecule has 0 aromatic heterocycles. The highest BCUT2D eigenvalue weighted by Gasteiger charge is 2.31. The number of likely N-dealkylation sites (tertiary alicyclic amines) is 1. The Morgan fingerprint density at radius 2 is 1.68 bits per heavy atom. The molecular formula is C22H25F3N2O3S. The van der Waals surface area contributed by atoms with E-state index < -0.39 is 26.7 Å². The van der Waals surface area contributed by atoms with Gasteiger partial charge in [0.1, 0.15) is 0 Å². The van der Waals surface area contributed by atoms with E-state index in [4.69, 9.17) is 0 Å². The third-order valence-corrected chi connectivity index (χ3v) is 6.69. The number of rotatable bonds is 5. The standard InChI is InChI=1S/C22H25F3N2O3S/c1-15-10-16(2)14-27(13-15)21(28)18-8-6-17(7-9-18)12-26-31(29,30)20-5-3-4-19(11-20)22(23,24)25/h3-9,11,15-16,26H,10,12-14H2,1-2H3. The topological polar surface area (TPSA) is 66.5 Å².